The van der Waals surface area contributed by atoms with Gasteiger partial charge in [0.2, 0.25) is 16.5 Å². The Morgan fingerprint density at radius 2 is 1.55 bits per heavy atom. The summed E-state index contributed by atoms with van der Waals surface area (Å²) in [5, 5.41) is 20.6. The van der Waals surface area contributed by atoms with Gasteiger partial charge < -0.3 is 28.9 Å². The van der Waals surface area contributed by atoms with Crippen LogP contribution in [0.4, 0.5) is 23.0 Å². The van der Waals surface area contributed by atoms with Crippen LogP contribution in [0, 0.1) is 0 Å². The Morgan fingerprint density at radius 3 is 2.11 bits per heavy atom. The molecule has 3 N–H and O–H groups in total. The van der Waals surface area contributed by atoms with Crippen molar-refractivity contribution in [3.8, 4) is 5.75 Å². The van der Waals surface area contributed by atoms with Gasteiger partial charge in [-0.15, -0.1) is 5.11 Å². The van der Waals surface area contributed by atoms with Crippen molar-refractivity contribution in [1.29, 1.82) is 0 Å². The summed E-state index contributed by atoms with van der Waals surface area (Å²) in [6.07, 6.45) is 0. The molecule has 0 aliphatic heterocycles. The van der Waals surface area contributed by atoms with E-state index in [0.717, 1.165) is 18.2 Å². The van der Waals surface area contributed by atoms with Crippen molar-refractivity contribution < 1.29 is 91.1 Å². The van der Waals surface area contributed by atoms with Gasteiger partial charge in [-0.05, 0) is 57.5 Å². The number of nitrogens with one attached hydrogen (secondary N) is 1. The van der Waals surface area contributed by atoms with Crippen LogP contribution in [0.25, 0.3) is 10.8 Å². The number of azo groups is 1. The fourth-order valence-corrected chi connectivity index (χ4v) is 4.49. The summed E-state index contributed by atoms with van der Waals surface area (Å²) in [4.78, 5) is 10.0. The first-order valence-corrected chi connectivity index (χ1v) is 12.5. The molecule has 188 valence electrons. The number of phenols is 1. The van der Waals surface area contributed by atoms with Crippen LogP contribution in [0.5, 0.6) is 5.75 Å². The van der Waals surface area contributed by atoms with Crippen molar-refractivity contribution >= 4 is 77.8 Å². The molecule has 0 saturated carbocycles. The van der Waals surface area contributed by atoms with Gasteiger partial charge in [0.05, 0.1) is 16.3 Å². The molecule has 0 saturated heterocycles. The number of aromatic nitrogens is 3. The Bertz CT molecular complexity index is 1670. The van der Waals surface area contributed by atoms with Gasteiger partial charge in [-0.2, -0.15) is 20.1 Å². The molecule has 4 rings (SSSR count). The first-order valence-electron chi connectivity index (χ1n) is 9.22. The molecule has 0 bridgehead atoms. The minimum atomic E-state index is -5.17. The first-order chi connectivity index (χ1) is 16.5. The second kappa shape index (κ2) is 14.2. The van der Waals surface area contributed by atoms with Crippen molar-refractivity contribution in [1.82, 2.24) is 15.0 Å². The third-order valence-electron chi connectivity index (χ3n) is 4.43. The van der Waals surface area contributed by atoms with Crippen molar-refractivity contribution in [2.75, 3.05) is 5.32 Å². The molecule has 1 heterocycles. The topological polar surface area (TPSA) is 217 Å². The molecule has 0 unspecified atom stereocenters. The molecular weight excluding hydrogens is 605 g/mol. The number of halogens is 2. The van der Waals surface area contributed by atoms with E-state index in [1.54, 1.807) is 30.3 Å². The van der Waals surface area contributed by atoms with Crippen LogP contribution >= 0.6 is 23.2 Å². The number of anilines is 2. The fourth-order valence-electron chi connectivity index (χ4n) is 3.05. The molecule has 3 aromatic carbocycles. The number of hydrogen-bond donors (Lipinski definition) is 2. The molecule has 0 radical (unpaired) electrons. The van der Waals surface area contributed by atoms with Gasteiger partial charge in [0, 0.05) is 5.39 Å². The maximum atomic E-state index is 12.0. The predicted octanol–water partition coefficient (Wildman–Crippen LogP) is -1.40. The second-order valence-electron chi connectivity index (χ2n) is 6.69. The molecule has 13 nitrogen and oxygen atoms in total. The maximum absolute atomic E-state index is 12.0. The Hall–Kier alpha value is -1.47. The summed E-state index contributed by atoms with van der Waals surface area (Å²) < 4.78 is 59.2. The smallest absolute Gasteiger partial charge is 0.870 e. The molecule has 38 heavy (non-hydrogen) atoms. The predicted molar refractivity (Wildman–Crippen MR) is 126 cm³/mol. The van der Waals surface area contributed by atoms with Crippen LogP contribution in [0.3, 0.4) is 0 Å². The van der Waals surface area contributed by atoms with Crippen molar-refractivity contribution in [2.45, 2.75) is 9.79 Å². The number of fused-ring (bicyclic) bond motifs is 1. The number of hydrogen-bond acceptors (Lipinski definition) is 14. The monoisotopic (exact) mass is 615 g/mol. The molecule has 0 spiro atoms. The Labute approximate surface area is 271 Å². The van der Waals surface area contributed by atoms with E-state index in [1.807, 2.05) is 0 Å². The average Bonchev–Trinajstić information content (AvgIpc) is 2.77. The molecule has 0 aliphatic rings. The van der Waals surface area contributed by atoms with E-state index in [2.05, 4.69) is 30.5 Å². The van der Waals surface area contributed by atoms with Crippen molar-refractivity contribution in [2.24, 2.45) is 10.2 Å². The molecule has 0 fully saturated rings. The van der Waals surface area contributed by atoms with Crippen LogP contribution in [0.2, 0.25) is 10.6 Å². The number of phenolic OH excluding ortho intramolecular Hbond substituents is 1. The van der Waals surface area contributed by atoms with E-state index in [0.29, 0.717) is 5.69 Å². The molecule has 19 heteroatoms. The minimum absolute atomic E-state index is 0. The third-order valence-corrected chi connectivity index (χ3v) is 6.24. The minimum Gasteiger partial charge on any atom is -0.870 e. The van der Waals surface area contributed by atoms with E-state index in [1.165, 1.54) is 0 Å². The number of benzene rings is 3. The number of aromatic hydroxyl groups is 1. The zero-order valence-electron chi connectivity index (χ0n) is 19.4. The normalized spacial score (nSPS) is 11.1. The van der Waals surface area contributed by atoms with E-state index < -0.39 is 37.2 Å². The van der Waals surface area contributed by atoms with Gasteiger partial charge in [0.1, 0.15) is 15.8 Å². The molecule has 1 aromatic heterocycles. The van der Waals surface area contributed by atoms with E-state index in [9.17, 15) is 26.5 Å². The molecule has 0 aliphatic carbocycles. The van der Waals surface area contributed by atoms with E-state index >= 15 is 0 Å². The quantitative estimate of drug-likeness (QED) is 0.111. The van der Waals surface area contributed by atoms with Gasteiger partial charge in [0.25, 0.3) is 0 Å². The van der Waals surface area contributed by atoms with Crippen molar-refractivity contribution in [3.63, 3.8) is 0 Å². The van der Waals surface area contributed by atoms with Crippen LogP contribution in [0.15, 0.2) is 68.6 Å². The summed E-state index contributed by atoms with van der Waals surface area (Å²) in [5.74, 6) is -0.980. The third kappa shape index (κ3) is 8.03. The van der Waals surface area contributed by atoms with Gasteiger partial charge >= 0.3 is 59.1 Å². The van der Waals surface area contributed by atoms with Crippen LogP contribution in [-0.4, -0.2) is 38.5 Å². The molecule has 0 amide bonds. The SMILES string of the molecule is O=[S-](=O)c1cc(Nc2nc(Cl)nc(Cl)n2)c2c(O)c(N=Nc3ccccc3)c(S(=O)(=O)[O-])cc2c1.[Na+].[Na+].[OH-]. The Balaban J connectivity index is 0.00000241. The van der Waals surface area contributed by atoms with E-state index in [-0.39, 0.29) is 102 Å². The van der Waals surface area contributed by atoms with Gasteiger partial charge in [0.15, 0.2) is 5.75 Å². The average molecular weight is 616 g/mol. The van der Waals surface area contributed by atoms with Gasteiger partial charge in [-0.25, -0.2) is 8.42 Å². The second-order valence-corrected chi connectivity index (χ2v) is 9.65. The largest absolute Gasteiger partial charge is 1.00 e. The summed E-state index contributed by atoms with van der Waals surface area (Å²) in [6.45, 7) is 0. The number of rotatable bonds is 6. The fraction of sp³-hybridized carbons (Fsp3) is 0. The van der Waals surface area contributed by atoms with E-state index in [4.69, 9.17) is 23.2 Å². The van der Waals surface area contributed by atoms with Crippen LogP contribution in [-0.2, 0) is 29.2 Å². The summed E-state index contributed by atoms with van der Waals surface area (Å²) >= 11 is 11.6. The summed E-state index contributed by atoms with van der Waals surface area (Å²) in [6, 6.07) is 11.2. The van der Waals surface area contributed by atoms with Crippen molar-refractivity contribution in [3.05, 3.63) is 59.1 Å². The Morgan fingerprint density at radius 1 is 0.947 bits per heavy atom. The molecular formula is C19H11Cl2N6Na2O7S2-. The summed E-state index contributed by atoms with van der Waals surface area (Å²) in [7, 11) is -7.95. The zero-order valence-corrected chi connectivity index (χ0v) is 26.5. The van der Waals surface area contributed by atoms with Crippen LogP contribution in [0.1, 0.15) is 0 Å². The first kappa shape index (κ1) is 34.6. The zero-order chi connectivity index (χ0) is 25.3. The van der Waals surface area contributed by atoms with Gasteiger partial charge in [-0.1, -0.05) is 35.2 Å². The molecule has 4 aromatic rings. The van der Waals surface area contributed by atoms with Crippen LogP contribution < -0.4 is 64.4 Å². The Kier molecular flexibility index (Phi) is 13.0. The van der Waals surface area contributed by atoms with Gasteiger partial charge in [-0.3, -0.25) is 0 Å². The molecule has 0 atom stereocenters. The standard InChI is InChI=1S/C19H11Cl2N6O6S2.2Na.H2O/c20-17-23-18(21)25-19(24-17)22-12-8-11(34(29)30)6-9-7-13(35(31,32)33)15(16(28)14(9)12)27-26-10-4-2-1-3-5-10;;;/h1-8,28H,(H,31,32,33)(H,22,23,24,25);;;1H2/q-1;2*+1;/p-2. The maximum Gasteiger partial charge on any atom is 1.00 e. The number of nitrogens with zero attached hydrogens (tertiary/aromatic N) is 5. The summed E-state index contributed by atoms with van der Waals surface area (Å²) in [5.41, 5.74) is -0.434.